The van der Waals surface area contributed by atoms with E-state index in [1.54, 1.807) is 13.8 Å². The van der Waals surface area contributed by atoms with Crippen molar-refractivity contribution < 1.29 is 14.7 Å². The Balaban J connectivity index is 2.80. The summed E-state index contributed by atoms with van der Waals surface area (Å²) < 4.78 is 5.07. The van der Waals surface area contributed by atoms with Crippen LogP contribution in [0.3, 0.4) is 0 Å². The van der Waals surface area contributed by atoms with E-state index in [2.05, 4.69) is 10.5 Å². The highest BCUT2D eigenvalue weighted by molar-refractivity contribution is 5.92. The third-order valence-corrected chi connectivity index (χ3v) is 3.24. The van der Waals surface area contributed by atoms with Crippen LogP contribution in [0.25, 0.3) is 0 Å². The Morgan fingerprint density at radius 3 is 2.33 bits per heavy atom. The van der Waals surface area contributed by atoms with Crippen molar-refractivity contribution in [1.82, 2.24) is 5.32 Å². The Kier molecular flexibility index (Phi) is 5.25. The largest absolute Gasteiger partial charge is 0.447 e. The minimum absolute atomic E-state index is 0.0603. The lowest BCUT2D eigenvalue weighted by Gasteiger charge is -2.32. The molecule has 1 rings (SSSR count). The van der Waals surface area contributed by atoms with Gasteiger partial charge in [0.05, 0.1) is 6.10 Å². The maximum absolute atomic E-state index is 11.7. The molecule has 0 aliphatic heterocycles. The van der Waals surface area contributed by atoms with Crippen LogP contribution in [0.2, 0.25) is 0 Å². The first-order valence-electron chi connectivity index (χ1n) is 6.47. The van der Waals surface area contributed by atoms with E-state index < -0.39 is 11.6 Å². The van der Waals surface area contributed by atoms with Gasteiger partial charge in [-0.1, -0.05) is 30.8 Å². The fourth-order valence-corrected chi connectivity index (χ4v) is 2.31. The smallest absolute Gasteiger partial charge is 0.408 e. The van der Waals surface area contributed by atoms with E-state index in [0.717, 1.165) is 25.7 Å². The lowest BCUT2D eigenvalue weighted by atomic mass is 9.89. The summed E-state index contributed by atoms with van der Waals surface area (Å²) in [5.41, 5.74) is 4.99. The highest BCUT2D eigenvalue weighted by Crippen LogP contribution is 2.27. The molecule has 1 saturated carbocycles. The molecule has 0 spiro atoms. The van der Waals surface area contributed by atoms with Gasteiger partial charge in [0.25, 0.3) is 0 Å². The van der Waals surface area contributed by atoms with Crippen molar-refractivity contribution in [3.8, 4) is 0 Å². The minimum atomic E-state index is -0.767. The number of alkyl carbamates (subject to hydrolysis) is 1. The van der Waals surface area contributed by atoms with E-state index >= 15 is 0 Å². The molecule has 0 heterocycles. The topological polar surface area (TPSA) is 96.9 Å². The number of hydrogen-bond donors (Lipinski definition) is 3. The molecule has 6 heteroatoms. The van der Waals surface area contributed by atoms with Crippen molar-refractivity contribution in [2.75, 3.05) is 0 Å². The van der Waals surface area contributed by atoms with Crippen molar-refractivity contribution >= 4 is 11.9 Å². The van der Waals surface area contributed by atoms with Crippen LogP contribution in [0.5, 0.6) is 0 Å². The summed E-state index contributed by atoms with van der Waals surface area (Å²) in [5.74, 6) is 0.0603. The van der Waals surface area contributed by atoms with Crippen LogP contribution in [0.4, 0.5) is 4.79 Å². The minimum Gasteiger partial charge on any atom is -0.447 e. The molecule has 0 bridgehead atoms. The van der Waals surface area contributed by atoms with Crippen LogP contribution < -0.4 is 11.1 Å². The molecular weight excluding hydrogens is 234 g/mol. The van der Waals surface area contributed by atoms with Crippen LogP contribution >= 0.6 is 0 Å². The molecule has 0 atom stereocenters. The highest BCUT2D eigenvalue weighted by atomic mass is 16.6. The predicted octanol–water partition coefficient (Wildman–Crippen LogP) is 1.96. The SMILES string of the molecule is CC(C)OC(=O)NC1(C(N)=NO)CCCCCC1. The van der Waals surface area contributed by atoms with Gasteiger partial charge < -0.3 is 21.0 Å². The van der Waals surface area contributed by atoms with Crippen molar-refractivity contribution in [1.29, 1.82) is 0 Å². The van der Waals surface area contributed by atoms with Gasteiger partial charge in [-0.15, -0.1) is 0 Å². The number of carbonyl (C=O) groups is 1. The Labute approximate surface area is 108 Å². The molecule has 18 heavy (non-hydrogen) atoms. The third kappa shape index (κ3) is 3.78. The molecule has 0 aromatic heterocycles. The van der Waals surface area contributed by atoms with E-state index in [1.165, 1.54) is 0 Å². The molecule has 104 valence electrons. The van der Waals surface area contributed by atoms with E-state index in [4.69, 9.17) is 15.7 Å². The van der Waals surface area contributed by atoms with Gasteiger partial charge >= 0.3 is 6.09 Å². The zero-order valence-corrected chi connectivity index (χ0v) is 11.1. The van der Waals surface area contributed by atoms with Crippen LogP contribution in [0, 0.1) is 0 Å². The fourth-order valence-electron chi connectivity index (χ4n) is 2.31. The first-order chi connectivity index (χ1) is 8.50. The van der Waals surface area contributed by atoms with Crippen molar-refractivity contribution in [3.63, 3.8) is 0 Å². The van der Waals surface area contributed by atoms with Gasteiger partial charge in [0, 0.05) is 0 Å². The lowest BCUT2D eigenvalue weighted by Crippen LogP contribution is -2.57. The van der Waals surface area contributed by atoms with E-state index in [-0.39, 0.29) is 11.9 Å². The second-order valence-electron chi connectivity index (χ2n) is 5.06. The molecule has 0 radical (unpaired) electrons. The number of nitrogens with zero attached hydrogens (tertiary/aromatic N) is 1. The van der Waals surface area contributed by atoms with Crippen LogP contribution in [0.1, 0.15) is 52.4 Å². The summed E-state index contributed by atoms with van der Waals surface area (Å²) in [6, 6.07) is 0. The van der Waals surface area contributed by atoms with Gasteiger partial charge in [0.2, 0.25) is 0 Å². The average molecular weight is 257 g/mol. The maximum Gasteiger partial charge on any atom is 0.408 e. The molecule has 6 nitrogen and oxygen atoms in total. The summed E-state index contributed by atoms with van der Waals surface area (Å²) in [5, 5.41) is 14.8. The molecule has 0 aromatic carbocycles. The average Bonchev–Trinajstić information content (AvgIpc) is 2.53. The molecule has 4 N–H and O–H groups in total. The Morgan fingerprint density at radius 2 is 1.89 bits per heavy atom. The van der Waals surface area contributed by atoms with Gasteiger partial charge in [-0.05, 0) is 26.7 Å². The lowest BCUT2D eigenvalue weighted by molar-refractivity contribution is 0.107. The summed E-state index contributed by atoms with van der Waals surface area (Å²) in [7, 11) is 0. The van der Waals surface area contributed by atoms with Gasteiger partial charge in [0.1, 0.15) is 5.54 Å². The molecule has 1 amide bonds. The summed E-state index contributed by atoms with van der Waals surface area (Å²) in [4.78, 5) is 11.7. The number of nitrogens with two attached hydrogens (primary N) is 1. The Bertz CT molecular complexity index is 308. The fraction of sp³-hybridized carbons (Fsp3) is 0.833. The van der Waals surface area contributed by atoms with Gasteiger partial charge in [-0.25, -0.2) is 4.79 Å². The van der Waals surface area contributed by atoms with Gasteiger partial charge in [-0.2, -0.15) is 0 Å². The Hall–Kier alpha value is -1.46. The van der Waals surface area contributed by atoms with Crippen LogP contribution in [-0.2, 0) is 4.74 Å². The standard InChI is InChI=1S/C12H23N3O3/c1-9(2)18-11(16)14-12(10(13)15-17)7-5-3-4-6-8-12/h9,17H,3-8H2,1-2H3,(H2,13,15)(H,14,16). The van der Waals surface area contributed by atoms with E-state index in [0.29, 0.717) is 12.8 Å². The first kappa shape index (κ1) is 14.6. The van der Waals surface area contributed by atoms with E-state index in [9.17, 15) is 4.79 Å². The van der Waals surface area contributed by atoms with E-state index in [1.807, 2.05) is 0 Å². The first-order valence-corrected chi connectivity index (χ1v) is 6.47. The van der Waals surface area contributed by atoms with Crippen molar-refractivity contribution in [2.45, 2.75) is 64.0 Å². The molecule has 1 fully saturated rings. The molecular formula is C12H23N3O3. The maximum atomic E-state index is 11.7. The predicted molar refractivity (Wildman–Crippen MR) is 68.6 cm³/mol. The molecule has 1 aliphatic rings. The molecule has 1 aliphatic carbocycles. The number of oxime groups is 1. The number of ether oxygens (including phenoxy) is 1. The second kappa shape index (κ2) is 6.47. The number of carbonyl (C=O) groups excluding carboxylic acids is 1. The van der Waals surface area contributed by atoms with Gasteiger partial charge in [-0.3, -0.25) is 0 Å². The van der Waals surface area contributed by atoms with Crippen molar-refractivity contribution in [3.05, 3.63) is 0 Å². The van der Waals surface area contributed by atoms with Crippen LogP contribution in [-0.4, -0.2) is 28.8 Å². The summed E-state index contributed by atoms with van der Waals surface area (Å²) >= 11 is 0. The van der Waals surface area contributed by atoms with Crippen LogP contribution in [0.15, 0.2) is 5.16 Å². The quantitative estimate of drug-likeness (QED) is 0.237. The third-order valence-electron chi connectivity index (χ3n) is 3.24. The number of nitrogens with one attached hydrogen (secondary N) is 1. The highest BCUT2D eigenvalue weighted by Gasteiger charge is 2.37. The molecule has 0 aromatic rings. The summed E-state index contributed by atoms with van der Waals surface area (Å²) in [6.07, 6.45) is 4.73. The zero-order valence-electron chi connectivity index (χ0n) is 11.1. The monoisotopic (exact) mass is 257 g/mol. The number of rotatable bonds is 3. The van der Waals surface area contributed by atoms with Crippen molar-refractivity contribution in [2.24, 2.45) is 10.9 Å². The number of amides is 1. The molecule has 0 unspecified atom stereocenters. The Morgan fingerprint density at radius 1 is 1.33 bits per heavy atom. The number of amidine groups is 1. The van der Waals surface area contributed by atoms with Gasteiger partial charge in [0.15, 0.2) is 5.84 Å². The normalized spacial score (nSPS) is 20.3. The summed E-state index contributed by atoms with van der Waals surface area (Å²) in [6.45, 7) is 3.56. The second-order valence-corrected chi connectivity index (χ2v) is 5.06. The number of hydrogen-bond acceptors (Lipinski definition) is 4. The zero-order chi connectivity index (χ0) is 13.6. The molecule has 0 saturated heterocycles.